The van der Waals surface area contributed by atoms with Crippen molar-refractivity contribution in [1.82, 2.24) is 9.55 Å². The van der Waals surface area contributed by atoms with Crippen LogP contribution in [0.15, 0.2) is 28.7 Å². The quantitative estimate of drug-likeness (QED) is 0.190. The van der Waals surface area contributed by atoms with Crippen molar-refractivity contribution in [3.63, 3.8) is 0 Å². The van der Waals surface area contributed by atoms with Gasteiger partial charge in [0.25, 0.3) is 0 Å². The third kappa shape index (κ3) is 3.84. The van der Waals surface area contributed by atoms with Gasteiger partial charge in [0.2, 0.25) is 0 Å². The lowest BCUT2D eigenvalue weighted by atomic mass is 9.90. The molecule has 8 atom stereocenters. The molecule has 1 aromatic rings. The molecule has 0 amide bonds. The molecule has 2 heterocycles. The van der Waals surface area contributed by atoms with E-state index in [0.29, 0.717) is 0 Å². The molecule has 3 aliphatic rings. The number of carbonyl (C=O) groups is 2. The second-order valence-corrected chi connectivity index (χ2v) is 9.62. The molecule has 0 bridgehead atoms. The molecule has 186 valence electrons. The third-order valence-corrected chi connectivity index (χ3v) is 7.19. The van der Waals surface area contributed by atoms with Crippen LogP contribution in [0.1, 0.15) is 19.1 Å². The van der Waals surface area contributed by atoms with E-state index in [0.717, 1.165) is 4.57 Å². The Kier molecular flexibility index (Phi) is 5.93. The maximum Gasteiger partial charge on any atom is 0.469 e. The number of anilines is 1. The molecule has 2 fully saturated rings. The summed E-state index contributed by atoms with van der Waals surface area (Å²) in [4.78, 5) is 58.1. The number of carboxylic acids is 2. The number of carboxylic acid groups (broad SMARTS) is 2. The van der Waals surface area contributed by atoms with Crippen LogP contribution in [0, 0.1) is 17.3 Å². The molecular formula is C18H22N3O12P. The molecule has 2 unspecified atom stereocenters. The fraction of sp³-hybridized carbons (Fsp3) is 0.556. The molecular weight excluding hydrogens is 481 g/mol. The first-order valence-electron chi connectivity index (χ1n) is 10.1. The molecule has 1 aliphatic heterocycles. The van der Waals surface area contributed by atoms with Crippen molar-refractivity contribution in [1.29, 1.82) is 0 Å². The number of aliphatic carboxylic acids is 2. The Hall–Kier alpha value is -2.65. The van der Waals surface area contributed by atoms with Gasteiger partial charge in [-0.3, -0.25) is 13.9 Å². The van der Waals surface area contributed by atoms with Gasteiger partial charge in [-0.15, -0.1) is 0 Å². The van der Waals surface area contributed by atoms with Gasteiger partial charge in [0.1, 0.15) is 23.4 Å². The minimum absolute atomic E-state index is 0.0332. The Morgan fingerprint density at radius 2 is 2.00 bits per heavy atom. The number of phosphoric ester groups is 1. The predicted octanol–water partition coefficient (Wildman–Crippen LogP) is -1.96. The van der Waals surface area contributed by atoms with Crippen LogP contribution in [0.25, 0.3) is 0 Å². The molecule has 1 aromatic heterocycles. The van der Waals surface area contributed by atoms with Crippen LogP contribution in [-0.2, 0) is 23.4 Å². The molecule has 34 heavy (non-hydrogen) atoms. The minimum Gasteiger partial charge on any atom is -0.481 e. The largest absolute Gasteiger partial charge is 0.481 e. The molecule has 15 nitrogen and oxygen atoms in total. The van der Waals surface area contributed by atoms with Crippen molar-refractivity contribution in [2.24, 2.45) is 17.3 Å². The zero-order valence-electron chi connectivity index (χ0n) is 17.2. The van der Waals surface area contributed by atoms with Gasteiger partial charge >= 0.3 is 25.5 Å². The van der Waals surface area contributed by atoms with Gasteiger partial charge in [0, 0.05) is 18.5 Å². The Balaban J connectivity index is 1.62. The molecule has 8 N–H and O–H groups in total. The first-order chi connectivity index (χ1) is 15.8. The number of aromatic nitrogens is 2. The standard InChI is InChI=1S/C18H22N3O12P/c19-10-3-4-21(17(28)20-10)14-13(23)12(22)9(32-14)5-8(33-34(29,30)31)11-6-1-2-7(15(24)25)18(6,11)16(26)27/h2-4,6,8-9,11-14,22-23H,1,5H2,(H,24,25)(H,26,27)(H2,19,20,28)(H2,29,30,31)/t6-,8?,9+,11?,12+,13+,14+,18-/m0/s1. The Labute approximate surface area is 190 Å². The van der Waals surface area contributed by atoms with E-state index < -0.39 is 85.3 Å². The minimum atomic E-state index is -5.20. The second-order valence-electron chi connectivity index (χ2n) is 8.42. The molecule has 1 saturated heterocycles. The van der Waals surface area contributed by atoms with Gasteiger partial charge in [-0.25, -0.2) is 14.2 Å². The number of phosphoric acid groups is 1. The SMILES string of the molecule is Nc1ccn([C@@H]2O[C@H](CC(OP(=O)(O)O)C3[C@@H]4CC=C(C(=O)O)[C@]34C(=O)O)[C@@H](O)[C@H]2O)c(=O)n1. The Morgan fingerprint density at radius 1 is 1.32 bits per heavy atom. The summed E-state index contributed by atoms with van der Waals surface area (Å²) in [6, 6.07) is 1.25. The number of nitrogen functional groups attached to an aromatic ring is 1. The van der Waals surface area contributed by atoms with E-state index in [1.165, 1.54) is 18.3 Å². The van der Waals surface area contributed by atoms with Gasteiger partial charge < -0.3 is 40.7 Å². The van der Waals surface area contributed by atoms with Crippen molar-refractivity contribution in [3.05, 3.63) is 34.4 Å². The summed E-state index contributed by atoms with van der Waals surface area (Å²) >= 11 is 0. The van der Waals surface area contributed by atoms with E-state index in [-0.39, 0.29) is 12.2 Å². The summed E-state index contributed by atoms with van der Waals surface area (Å²) in [6.45, 7) is 0. The maximum atomic E-state index is 12.1. The molecule has 16 heteroatoms. The van der Waals surface area contributed by atoms with Crippen LogP contribution in [-0.4, -0.2) is 76.1 Å². The van der Waals surface area contributed by atoms with E-state index >= 15 is 0 Å². The highest BCUT2D eigenvalue weighted by Crippen LogP contribution is 2.71. The summed E-state index contributed by atoms with van der Waals surface area (Å²) < 4.78 is 22.9. The van der Waals surface area contributed by atoms with Crippen LogP contribution in [0.5, 0.6) is 0 Å². The number of aliphatic hydroxyl groups is 2. The second kappa shape index (κ2) is 8.23. The summed E-state index contributed by atoms with van der Waals surface area (Å²) in [5.41, 5.74) is 2.20. The van der Waals surface area contributed by atoms with Crippen LogP contribution < -0.4 is 11.4 Å². The number of ether oxygens (including phenoxy) is 1. The summed E-state index contributed by atoms with van der Waals surface area (Å²) in [6.07, 6.45) is -5.73. The molecule has 4 rings (SSSR count). The summed E-state index contributed by atoms with van der Waals surface area (Å²) in [5.74, 6) is -5.02. The number of allylic oxidation sites excluding steroid dienone is 1. The van der Waals surface area contributed by atoms with Crippen LogP contribution >= 0.6 is 7.82 Å². The van der Waals surface area contributed by atoms with Crippen molar-refractivity contribution < 1.29 is 53.6 Å². The van der Waals surface area contributed by atoms with Crippen molar-refractivity contribution in [3.8, 4) is 0 Å². The number of nitrogens with two attached hydrogens (primary N) is 1. The first kappa shape index (κ1) is 24.5. The number of rotatable bonds is 8. The van der Waals surface area contributed by atoms with Crippen LogP contribution in [0.3, 0.4) is 0 Å². The Morgan fingerprint density at radius 3 is 2.56 bits per heavy atom. The zero-order chi connectivity index (χ0) is 25.2. The fourth-order valence-electron chi connectivity index (χ4n) is 5.28. The van der Waals surface area contributed by atoms with Gasteiger partial charge in [-0.2, -0.15) is 4.98 Å². The van der Waals surface area contributed by atoms with E-state index in [4.69, 9.17) is 15.0 Å². The highest BCUT2D eigenvalue weighted by Gasteiger charge is 2.77. The van der Waals surface area contributed by atoms with E-state index in [1.807, 2.05) is 0 Å². The summed E-state index contributed by atoms with van der Waals surface area (Å²) in [5, 5.41) is 40.2. The number of aliphatic hydroxyl groups excluding tert-OH is 2. The van der Waals surface area contributed by atoms with Gasteiger partial charge in [-0.05, 0) is 18.4 Å². The van der Waals surface area contributed by atoms with Gasteiger partial charge in [-0.1, -0.05) is 6.08 Å². The highest BCUT2D eigenvalue weighted by molar-refractivity contribution is 7.46. The average Bonchev–Trinajstić information content (AvgIpc) is 3.08. The van der Waals surface area contributed by atoms with E-state index in [9.17, 15) is 49.2 Å². The molecule has 0 aromatic carbocycles. The monoisotopic (exact) mass is 503 g/mol. The molecule has 0 spiro atoms. The van der Waals surface area contributed by atoms with Crippen molar-refractivity contribution >= 4 is 25.6 Å². The maximum absolute atomic E-state index is 12.1. The van der Waals surface area contributed by atoms with Crippen LogP contribution in [0.4, 0.5) is 5.82 Å². The Bertz CT molecular complexity index is 1160. The molecule has 1 saturated carbocycles. The average molecular weight is 503 g/mol. The normalized spacial score (nSPS) is 35.5. The van der Waals surface area contributed by atoms with Gasteiger partial charge in [0.15, 0.2) is 6.23 Å². The zero-order valence-corrected chi connectivity index (χ0v) is 18.1. The number of hydrogen-bond donors (Lipinski definition) is 7. The van der Waals surface area contributed by atoms with E-state index in [1.54, 1.807) is 0 Å². The predicted molar refractivity (Wildman–Crippen MR) is 108 cm³/mol. The van der Waals surface area contributed by atoms with Crippen LogP contribution in [0.2, 0.25) is 0 Å². The number of fused-ring (bicyclic) bond motifs is 1. The van der Waals surface area contributed by atoms with Gasteiger partial charge in [0.05, 0.1) is 17.8 Å². The smallest absolute Gasteiger partial charge is 0.469 e. The highest BCUT2D eigenvalue weighted by atomic mass is 31.2. The lowest BCUT2D eigenvalue weighted by Gasteiger charge is -2.25. The van der Waals surface area contributed by atoms with E-state index in [2.05, 4.69) is 4.98 Å². The molecule has 0 radical (unpaired) electrons. The van der Waals surface area contributed by atoms with Crippen molar-refractivity contribution in [2.45, 2.75) is 43.5 Å². The number of hydrogen-bond acceptors (Lipinski definition) is 10. The lowest BCUT2D eigenvalue weighted by Crippen LogP contribution is -2.37. The van der Waals surface area contributed by atoms with Crippen molar-refractivity contribution in [2.75, 3.05) is 5.73 Å². The summed E-state index contributed by atoms with van der Waals surface area (Å²) in [7, 11) is -5.20. The fourth-order valence-corrected chi connectivity index (χ4v) is 5.85. The molecule has 2 aliphatic carbocycles. The first-order valence-corrected chi connectivity index (χ1v) is 11.6. The lowest BCUT2D eigenvalue weighted by molar-refractivity contribution is -0.146. The topological polar surface area (TPSA) is 252 Å². The number of nitrogens with zero attached hydrogens (tertiary/aromatic N) is 2. The third-order valence-electron chi connectivity index (χ3n) is 6.64.